The number of aryl methyl sites for hydroxylation is 1. The fourth-order valence-corrected chi connectivity index (χ4v) is 1.16. The molecule has 2 heteroatoms. The van der Waals surface area contributed by atoms with Gasteiger partial charge in [0.05, 0.1) is 5.69 Å². The van der Waals surface area contributed by atoms with Gasteiger partial charge in [-0.05, 0) is 38.2 Å². The van der Waals surface area contributed by atoms with Gasteiger partial charge >= 0.3 is 0 Å². The number of aromatic nitrogens is 1. The predicted molar refractivity (Wildman–Crippen MR) is 51.0 cm³/mol. The lowest BCUT2D eigenvalue weighted by Crippen LogP contribution is -2.11. The fourth-order valence-electron chi connectivity index (χ4n) is 1.16. The normalized spacial score (nSPS) is 10.7. The van der Waals surface area contributed by atoms with Gasteiger partial charge in [-0.2, -0.15) is 0 Å². The molecule has 0 aliphatic carbocycles. The van der Waals surface area contributed by atoms with Crippen molar-refractivity contribution in [3.63, 3.8) is 0 Å². The molecule has 0 fully saturated rings. The highest BCUT2D eigenvalue weighted by Crippen LogP contribution is 2.03. The summed E-state index contributed by atoms with van der Waals surface area (Å²) in [6.07, 6.45) is 2.97. The van der Waals surface area contributed by atoms with Gasteiger partial charge in [-0.1, -0.05) is 6.92 Å². The molecule has 0 atom stereocenters. The number of pyridine rings is 1. The third-order valence-corrected chi connectivity index (χ3v) is 1.77. The molecule has 0 aromatic carbocycles. The van der Waals surface area contributed by atoms with Gasteiger partial charge in [-0.15, -0.1) is 0 Å². The summed E-state index contributed by atoms with van der Waals surface area (Å²) < 4.78 is 0. The Morgan fingerprint density at radius 3 is 2.75 bits per heavy atom. The average Bonchev–Trinajstić information content (AvgIpc) is 2.03. The second kappa shape index (κ2) is 4.21. The molecule has 0 spiro atoms. The second-order valence-electron chi connectivity index (χ2n) is 3.25. The first-order chi connectivity index (χ1) is 5.72. The molecule has 0 saturated carbocycles. The zero-order valence-electron chi connectivity index (χ0n) is 8.04. The van der Waals surface area contributed by atoms with Crippen LogP contribution in [0.5, 0.6) is 0 Å². The van der Waals surface area contributed by atoms with Gasteiger partial charge in [-0.25, -0.2) is 0 Å². The maximum Gasteiger partial charge on any atom is 0.0546 e. The number of hydrogen-bond donors (Lipinski definition) is 0. The van der Waals surface area contributed by atoms with E-state index in [0.717, 1.165) is 18.7 Å². The largest absolute Gasteiger partial charge is 0.304 e. The Morgan fingerprint density at radius 2 is 2.17 bits per heavy atom. The van der Waals surface area contributed by atoms with Crippen molar-refractivity contribution in [2.75, 3.05) is 14.1 Å². The molecule has 12 heavy (non-hydrogen) atoms. The van der Waals surface area contributed by atoms with E-state index in [1.807, 2.05) is 6.20 Å². The maximum atomic E-state index is 4.29. The molecule has 1 aromatic heterocycles. The van der Waals surface area contributed by atoms with Crippen molar-refractivity contribution >= 4 is 0 Å². The molecule has 0 N–H and O–H groups in total. The SMILES string of the molecule is CCc1ccnc(CN(C)C)c1. The molecule has 0 amide bonds. The highest BCUT2D eigenvalue weighted by molar-refractivity contribution is 5.15. The molecule has 0 saturated heterocycles. The highest BCUT2D eigenvalue weighted by Gasteiger charge is 1.96. The Morgan fingerprint density at radius 1 is 1.42 bits per heavy atom. The van der Waals surface area contributed by atoms with E-state index in [-0.39, 0.29) is 0 Å². The minimum Gasteiger partial charge on any atom is -0.304 e. The topological polar surface area (TPSA) is 16.1 Å². The van der Waals surface area contributed by atoms with Crippen LogP contribution >= 0.6 is 0 Å². The van der Waals surface area contributed by atoms with Crippen LogP contribution in [0, 0.1) is 0 Å². The third kappa shape index (κ3) is 2.62. The summed E-state index contributed by atoms with van der Waals surface area (Å²) in [6, 6.07) is 4.24. The highest BCUT2D eigenvalue weighted by atomic mass is 15.1. The van der Waals surface area contributed by atoms with Crippen LogP contribution in [0.2, 0.25) is 0 Å². The fraction of sp³-hybridized carbons (Fsp3) is 0.500. The summed E-state index contributed by atoms with van der Waals surface area (Å²) in [5.41, 5.74) is 2.52. The molecular weight excluding hydrogens is 148 g/mol. The Labute approximate surface area is 74.2 Å². The summed E-state index contributed by atoms with van der Waals surface area (Å²) >= 11 is 0. The van der Waals surface area contributed by atoms with Crippen molar-refractivity contribution in [1.82, 2.24) is 9.88 Å². The van der Waals surface area contributed by atoms with Crippen molar-refractivity contribution in [3.05, 3.63) is 29.6 Å². The zero-order chi connectivity index (χ0) is 8.97. The number of nitrogens with zero attached hydrogens (tertiary/aromatic N) is 2. The monoisotopic (exact) mass is 164 g/mol. The van der Waals surface area contributed by atoms with Crippen molar-refractivity contribution in [2.24, 2.45) is 0 Å². The van der Waals surface area contributed by atoms with Gasteiger partial charge in [0, 0.05) is 12.7 Å². The van der Waals surface area contributed by atoms with Crippen molar-refractivity contribution in [3.8, 4) is 0 Å². The van der Waals surface area contributed by atoms with Gasteiger partial charge < -0.3 is 4.90 Å². The van der Waals surface area contributed by atoms with E-state index in [4.69, 9.17) is 0 Å². The van der Waals surface area contributed by atoms with Crippen LogP contribution in [0.25, 0.3) is 0 Å². The summed E-state index contributed by atoms with van der Waals surface area (Å²) in [5, 5.41) is 0. The van der Waals surface area contributed by atoms with Crippen LogP contribution in [0.3, 0.4) is 0 Å². The standard InChI is InChI=1S/C10H16N2/c1-4-9-5-6-11-10(7-9)8-12(2)3/h5-7H,4,8H2,1-3H3. The first-order valence-corrected chi connectivity index (χ1v) is 4.31. The minimum absolute atomic E-state index is 0.924. The van der Waals surface area contributed by atoms with Crippen LogP contribution in [0.15, 0.2) is 18.3 Å². The van der Waals surface area contributed by atoms with Gasteiger partial charge in [0.25, 0.3) is 0 Å². The molecule has 1 heterocycles. The number of rotatable bonds is 3. The molecule has 2 nitrogen and oxygen atoms in total. The third-order valence-electron chi connectivity index (χ3n) is 1.77. The van der Waals surface area contributed by atoms with E-state index in [9.17, 15) is 0 Å². The minimum atomic E-state index is 0.924. The van der Waals surface area contributed by atoms with E-state index in [1.165, 1.54) is 5.56 Å². The Bertz CT molecular complexity index is 243. The van der Waals surface area contributed by atoms with Crippen LogP contribution in [0.1, 0.15) is 18.2 Å². The molecule has 0 bridgehead atoms. The molecule has 0 aliphatic rings. The maximum absolute atomic E-state index is 4.29. The summed E-state index contributed by atoms with van der Waals surface area (Å²) in [5.74, 6) is 0. The predicted octanol–water partition coefficient (Wildman–Crippen LogP) is 1.71. The Kier molecular flexibility index (Phi) is 3.23. The molecule has 0 unspecified atom stereocenters. The van der Waals surface area contributed by atoms with Gasteiger partial charge in [0.15, 0.2) is 0 Å². The second-order valence-corrected chi connectivity index (χ2v) is 3.25. The molecule has 0 radical (unpaired) electrons. The molecule has 66 valence electrons. The Hall–Kier alpha value is -0.890. The van der Waals surface area contributed by atoms with Crippen molar-refractivity contribution < 1.29 is 0 Å². The van der Waals surface area contributed by atoms with Crippen LogP contribution < -0.4 is 0 Å². The van der Waals surface area contributed by atoms with E-state index in [2.05, 4.69) is 43.0 Å². The lowest BCUT2D eigenvalue weighted by molar-refractivity contribution is 0.396. The van der Waals surface area contributed by atoms with E-state index >= 15 is 0 Å². The lowest BCUT2D eigenvalue weighted by Gasteiger charge is -2.08. The zero-order valence-corrected chi connectivity index (χ0v) is 8.04. The summed E-state index contributed by atoms with van der Waals surface area (Å²) in [7, 11) is 4.11. The van der Waals surface area contributed by atoms with E-state index < -0.39 is 0 Å². The van der Waals surface area contributed by atoms with Crippen LogP contribution in [-0.2, 0) is 13.0 Å². The average molecular weight is 164 g/mol. The first kappa shape index (κ1) is 9.20. The van der Waals surface area contributed by atoms with Gasteiger partial charge in [0.2, 0.25) is 0 Å². The number of hydrogen-bond acceptors (Lipinski definition) is 2. The quantitative estimate of drug-likeness (QED) is 0.676. The Balaban J connectivity index is 2.72. The molecule has 1 rings (SSSR count). The molecule has 0 aliphatic heterocycles. The summed E-state index contributed by atoms with van der Waals surface area (Å²) in [4.78, 5) is 6.41. The first-order valence-electron chi connectivity index (χ1n) is 4.31. The van der Waals surface area contributed by atoms with Crippen molar-refractivity contribution in [2.45, 2.75) is 19.9 Å². The lowest BCUT2D eigenvalue weighted by atomic mass is 10.2. The smallest absolute Gasteiger partial charge is 0.0546 e. The van der Waals surface area contributed by atoms with Gasteiger partial charge in [-0.3, -0.25) is 4.98 Å². The van der Waals surface area contributed by atoms with Gasteiger partial charge in [0.1, 0.15) is 0 Å². The summed E-state index contributed by atoms with van der Waals surface area (Å²) in [6.45, 7) is 3.09. The molecule has 1 aromatic rings. The van der Waals surface area contributed by atoms with Crippen molar-refractivity contribution in [1.29, 1.82) is 0 Å². The van der Waals surface area contributed by atoms with Crippen LogP contribution in [-0.4, -0.2) is 24.0 Å². The van der Waals surface area contributed by atoms with E-state index in [1.54, 1.807) is 0 Å². The van der Waals surface area contributed by atoms with E-state index in [0.29, 0.717) is 0 Å². The van der Waals surface area contributed by atoms with Crippen LogP contribution in [0.4, 0.5) is 0 Å². The molecular formula is C10H16N2.